The van der Waals surface area contributed by atoms with Crippen LogP contribution < -0.4 is 5.73 Å². The van der Waals surface area contributed by atoms with E-state index in [4.69, 9.17) is 5.73 Å². The van der Waals surface area contributed by atoms with Crippen LogP contribution in [0.15, 0.2) is 21.1 Å². The second kappa shape index (κ2) is 5.19. The number of benzene rings is 1. The Morgan fingerprint density at radius 1 is 1.31 bits per heavy atom. The molecule has 16 heavy (non-hydrogen) atoms. The van der Waals surface area contributed by atoms with Crippen molar-refractivity contribution < 1.29 is 0 Å². The number of aryl methyl sites for hydroxylation is 1. The fourth-order valence-corrected chi connectivity index (χ4v) is 3.27. The van der Waals surface area contributed by atoms with Gasteiger partial charge in [0, 0.05) is 15.0 Å². The summed E-state index contributed by atoms with van der Waals surface area (Å²) < 4.78 is 2.29. The summed E-state index contributed by atoms with van der Waals surface area (Å²) in [6.07, 6.45) is 5.22. The molecule has 1 aromatic rings. The van der Waals surface area contributed by atoms with Gasteiger partial charge in [-0.2, -0.15) is 0 Å². The number of nitrogens with two attached hydrogens (primary N) is 1. The van der Waals surface area contributed by atoms with Crippen molar-refractivity contribution in [1.29, 1.82) is 0 Å². The summed E-state index contributed by atoms with van der Waals surface area (Å²) in [6, 6.07) is 4.46. The predicted molar refractivity (Wildman–Crippen MR) is 75.5 cm³/mol. The first kappa shape index (κ1) is 12.6. The Morgan fingerprint density at radius 2 is 2.00 bits per heavy atom. The highest BCUT2D eigenvalue weighted by atomic mass is 79.9. The van der Waals surface area contributed by atoms with Crippen LogP contribution in [0.3, 0.4) is 0 Å². The van der Waals surface area contributed by atoms with E-state index in [2.05, 4.69) is 50.9 Å². The molecular weight excluding hydrogens is 330 g/mol. The maximum atomic E-state index is 6.27. The van der Waals surface area contributed by atoms with Crippen LogP contribution in [0.1, 0.15) is 42.9 Å². The molecule has 3 heteroatoms. The van der Waals surface area contributed by atoms with Gasteiger partial charge in [0.25, 0.3) is 0 Å². The van der Waals surface area contributed by atoms with Gasteiger partial charge in [0.1, 0.15) is 0 Å². The second-order valence-corrected chi connectivity index (χ2v) is 6.47. The standard InChI is InChI=1S/C13H17Br2N/c1-8-5-12(15)10(7-11(8)14)13(16)6-9-3-2-4-9/h5,7,9,13H,2-4,6,16H2,1H3. The Hall–Kier alpha value is 0.140. The Labute approximate surface area is 114 Å². The first-order chi connectivity index (χ1) is 7.58. The summed E-state index contributed by atoms with van der Waals surface area (Å²) in [4.78, 5) is 0. The molecule has 0 amide bonds. The Morgan fingerprint density at radius 3 is 2.56 bits per heavy atom. The third kappa shape index (κ3) is 2.69. The molecule has 1 saturated carbocycles. The summed E-state index contributed by atoms with van der Waals surface area (Å²) in [7, 11) is 0. The molecule has 1 fully saturated rings. The highest BCUT2D eigenvalue weighted by Gasteiger charge is 2.22. The quantitative estimate of drug-likeness (QED) is 0.842. The molecule has 1 atom stereocenters. The molecule has 0 spiro atoms. The van der Waals surface area contributed by atoms with Crippen LogP contribution >= 0.6 is 31.9 Å². The third-order valence-corrected chi connectivity index (χ3v) is 5.03. The SMILES string of the molecule is Cc1cc(Br)c(C(N)CC2CCC2)cc1Br. The topological polar surface area (TPSA) is 26.0 Å². The van der Waals surface area contributed by atoms with Crippen LogP contribution in [0.2, 0.25) is 0 Å². The molecule has 0 aliphatic heterocycles. The smallest absolute Gasteiger partial charge is 0.0309 e. The zero-order chi connectivity index (χ0) is 11.7. The molecule has 1 unspecified atom stereocenters. The van der Waals surface area contributed by atoms with Crippen LogP contribution in [0, 0.1) is 12.8 Å². The van der Waals surface area contributed by atoms with Gasteiger partial charge in [0.05, 0.1) is 0 Å². The normalized spacial score (nSPS) is 18.2. The van der Waals surface area contributed by atoms with Gasteiger partial charge in [-0.1, -0.05) is 51.1 Å². The lowest BCUT2D eigenvalue weighted by Gasteiger charge is -2.28. The average molecular weight is 347 g/mol. The fourth-order valence-electron chi connectivity index (χ4n) is 2.16. The zero-order valence-electron chi connectivity index (χ0n) is 9.47. The highest BCUT2D eigenvalue weighted by molar-refractivity contribution is 9.11. The van der Waals surface area contributed by atoms with Crippen molar-refractivity contribution in [3.63, 3.8) is 0 Å². The van der Waals surface area contributed by atoms with E-state index < -0.39 is 0 Å². The highest BCUT2D eigenvalue weighted by Crippen LogP contribution is 2.36. The van der Waals surface area contributed by atoms with Crippen LogP contribution in [0.5, 0.6) is 0 Å². The van der Waals surface area contributed by atoms with Crippen molar-refractivity contribution >= 4 is 31.9 Å². The summed E-state index contributed by atoms with van der Waals surface area (Å²) in [5, 5.41) is 0. The van der Waals surface area contributed by atoms with Crippen molar-refractivity contribution in [2.24, 2.45) is 11.7 Å². The van der Waals surface area contributed by atoms with E-state index in [1.807, 2.05) is 0 Å². The van der Waals surface area contributed by atoms with Gasteiger partial charge in [-0.15, -0.1) is 0 Å². The van der Waals surface area contributed by atoms with Crippen LogP contribution in [0.4, 0.5) is 0 Å². The van der Waals surface area contributed by atoms with Crippen molar-refractivity contribution in [2.75, 3.05) is 0 Å². The first-order valence-corrected chi connectivity index (χ1v) is 7.37. The monoisotopic (exact) mass is 345 g/mol. The van der Waals surface area contributed by atoms with Crippen molar-refractivity contribution in [3.05, 3.63) is 32.2 Å². The van der Waals surface area contributed by atoms with Gasteiger partial charge in [0.15, 0.2) is 0 Å². The number of hydrogen-bond acceptors (Lipinski definition) is 1. The molecule has 1 aliphatic rings. The molecule has 1 nitrogen and oxygen atoms in total. The van der Waals surface area contributed by atoms with Crippen LogP contribution in [-0.2, 0) is 0 Å². The van der Waals surface area contributed by atoms with Crippen molar-refractivity contribution in [1.82, 2.24) is 0 Å². The van der Waals surface area contributed by atoms with Gasteiger partial charge in [-0.25, -0.2) is 0 Å². The molecule has 0 radical (unpaired) electrons. The van der Waals surface area contributed by atoms with Gasteiger partial charge >= 0.3 is 0 Å². The maximum absolute atomic E-state index is 6.27. The minimum atomic E-state index is 0.163. The molecule has 1 aromatic carbocycles. The number of hydrogen-bond donors (Lipinski definition) is 1. The lowest BCUT2D eigenvalue weighted by atomic mass is 9.80. The van der Waals surface area contributed by atoms with E-state index >= 15 is 0 Å². The Kier molecular flexibility index (Phi) is 4.09. The summed E-state index contributed by atoms with van der Waals surface area (Å²) >= 11 is 7.18. The van der Waals surface area contributed by atoms with Gasteiger partial charge in [-0.05, 0) is 42.5 Å². The van der Waals surface area contributed by atoms with Gasteiger partial charge < -0.3 is 5.73 Å². The number of rotatable bonds is 3. The molecule has 0 aromatic heterocycles. The third-order valence-electron chi connectivity index (χ3n) is 3.49. The molecular formula is C13H17Br2N. The maximum Gasteiger partial charge on any atom is 0.0309 e. The van der Waals surface area contributed by atoms with E-state index in [-0.39, 0.29) is 6.04 Å². The largest absolute Gasteiger partial charge is 0.324 e. The van der Waals surface area contributed by atoms with E-state index in [9.17, 15) is 0 Å². The molecule has 0 saturated heterocycles. The molecule has 88 valence electrons. The predicted octanol–water partition coefficient (Wildman–Crippen LogP) is 4.71. The average Bonchev–Trinajstić information content (AvgIpc) is 2.17. The van der Waals surface area contributed by atoms with Gasteiger partial charge in [0.2, 0.25) is 0 Å². The minimum absolute atomic E-state index is 0.163. The van der Waals surface area contributed by atoms with E-state index in [1.165, 1.54) is 30.4 Å². The Bertz CT molecular complexity index is 386. The van der Waals surface area contributed by atoms with Gasteiger partial charge in [-0.3, -0.25) is 0 Å². The lowest BCUT2D eigenvalue weighted by Crippen LogP contribution is -2.20. The molecule has 2 rings (SSSR count). The summed E-state index contributed by atoms with van der Waals surface area (Å²) in [5.41, 5.74) is 8.74. The van der Waals surface area contributed by atoms with Crippen molar-refractivity contribution in [3.8, 4) is 0 Å². The van der Waals surface area contributed by atoms with E-state index in [0.29, 0.717) is 0 Å². The molecule has 0 bridgehead atoms. The Balaban J connectivity index is 2.14. The summed E-state index contributed by atoms with van der Waals surface area (Å²) in [6.45, 7) is 2.09. The molecule has 0 heterocycles. The van der Waals surface area contributed by atoms with Crippen molar-refractivity contribution in [2.45, 2.75) is 38.6 Å². The first-order valence-electron chi connectivity index (χ1n) is 5.79. The summed E-state index contributed by atoms with van der Waals surface area (Å²) in [5.74, 6) is 0.849. The fraction of sp³-hybridized carbons (Fsp3) is 0.538. The van der Waals surface area contributed by atoms with E-state index in [1.54, 1.807) is 0 Å². The van der Waals surface area contributed by atoms with E-state index in [0.717, 1.165) is 21.3 Å². The molecule has 1 aliphatic carbocycles. The number of halogens is 2. The molecule has 2 N–H and O–H groups in total. The van der Waals surface area contributed by atoms with Crippen LogP contribution in [0.25, 0.3) is 0 Å². The van der Waals surface area contributed by atoms with Crippen LogP contribution in [-0.4, -0.2) is 0 Å². The zero-order valence-corrected chi connectivity index (χ0v) is 12.6. The minimum Gasteiger partial charge on any atom is -0.324 e. The lowest BCUT2D eigenvalue weighted by molar-refractivity contribution is 0.277. The second-order valence-electron chi connectivity index (χ2n) is 4.76.